The van der Waals surface area contributed by atoms with E-state index < -0.39 is 0 Å². The summed E-state index contributed by atoms with van der Waals surface area (Å²) < 4.78 is 1.55. The maximum atomic E-state index is 11.7. The van der Waals surface area contributed by atoms with Crippen molar-refractivity contribution in [3.63, 3.8) is 0 Å². The van der Waals surface area contributed by atoms with E-state index in [4.69, 9.17) is 0 Å². The number of rotatable bonds is 6. The van der Waals surface area contributed by atoms with Crippen molar-refractivity contribution >= 4 is 0 Å². The van der Waals surface area contributed by atoms with Crippen LogP contribution in [-0.4, -0.2) is 22.4 Å². The first-order valence-electron chi connectivity index (χ1n) is 7.01. The molecule has 0 atom stereocenters. The normalized spacial score (nSPS) is 19.4. The van der Waals surface area contributed by atoms with Gasteiger partial charge in [-0.05, 0) is 50.0 Å². The molecule has 18 heavy (non-hydrogen) atoms. The lowest BCUT2D eigenvalue weighted by Gasteiger charge is -2.17. The molecule has 1 heterocycles. The number of nitrogens with one attached hydrogen (secondary N) is 1. The van der Waals surface area contributed by atoms with Gasteiger partial charge in [0.15, 0.2) is 0 Å². The minimum absolute atomic E-state index is 0.00574. The molecule has 0 aromatic carbocycles. The average Bonchev–Trinajstić information content (AvgIpc) is 3.20. The maximum Gasteiger partial charge on any atom is 0.267 e. The van der Waals surface area contributed by atoms with Gasteiger partial charge in [-0.3, -0.25) is 4.79 Å². The van der Waals surface area contributed by atoms with Crippen molar-refractivity contribution in [1.29, 1.82) is 0 Å². The van der Waals surface area contributed by atoms with E-state index in [0.29, 0.717) is 12.6 Å². The molecular formula is C14H21N3O. The summed E-state index contributed by atoms with van der Waals surface area (Å²) in [5, 5.41) is 7.79. The minimum Gasteiger partial charge on any atom is -0.312 e. The zero-order chi connectivity index (χ0) is 12.5. The lowest BCUT2D eigenvalue weighted by atomic mass is 10.1. The highest BCUT2D eigenvalue weighted by Gasteiger charge is 2.40. The predicted molar refractivity (Wildman–Crippen MR) is 70.5 cm³/mol. The van der Waals surface area contributed by atoms with Crippen molar-refractivity contribution in [1.82, 2.24) is 15.1 Å². The Morgan fingerprint density at radius 1 is 1.39 bits per heavy atom. The van der Waals surface area contributed by atoms with E-state index in [1.54, 1.807) is 16.9 Å². The van der Waals surface area contributed by atoms with Crippen molar-refractivity contribution in [2.45, 2.75) is 45.2 Å². The van der Waals surface area contributed by atoms with E-state index in [0.717, 1.165) is 23.9 Å². The van der Waals surface area contributed by atoms with Crippen LogP contribution in [0.3, 0.4) is 0 Å². The number of hydrogen-bond donors (Lipinski definition) is 1. The van der Waals surface area contributed by atoms with Crippen LogP contribution in [0.5, 0.6) is 0 Å². The van der Waals surface area contributed by atoms with Gasteiger partial charge < -0.3 is 5.32 Å². The maximum absolute atomic E-state index is 11.7. The quantitative estimate of drug-likeness (QED) is 0.825. The van der Waals surface area contributed by atoms with Gasteiger partial charge in [0.2, 0.25) is 0 Å². The Labute approximate surface area is 107 Å². The summed E-state index contributed by atoms with van der Waals surface area (Å²) in [6, 6.07) is 2.35. The Kier molecular flexibility index (Phi) is 3.20. The number of hydrogen-bond acceptors (Lipinski definition) is 3. The Hall–Kier alpha value is -1.16. The van der Waals surface area contributed by atoms with Crippen molar-refractivity contribution in [3.8, 4) is 0 Å². The van der Waals surface area contributed by atoms with Gasteiger partial charge in [-0.25, -0.2) is 4.68 Å². The SMILES string of the molecule is Cc1cnn(CCNC(C2CC2)C2CC2)c(=O)c1. The smallest absolute Gasteiger partial charge is 0.267 e. The number of aryl methyl sites for hydroxylation is 1. The molecule has 4 nitrogen and oxygen atoms in total. The molecule has 2 fully saturated rings. The molecule has 3 rings (SSSR count). The Morgan fingerprint density at radius 3 is 2.61 bits per heavy atom. The molecule has 1 aromatic rings. The first kappa shape index (κ1) is 11.9. The molecule has 98 valence electrons. The summed E-state index contributed by atoms with van der Waals surface area (Å²) in [7, 11) is 0. The van der Waals surface area contributed by atoms with Crippen molar-refractivity contribution in [2.24, 2.45) is 11.8 Å². The van der Waals surface area contributed by atoms with Crippen LogP contribution in [0.25, 0.3) is 0 Å². The predicted octanol–water partition coefficient (Wildman–Crippen LogP) is 1.33. The van der Waals surface area contributed by atoms with Crippen LogP contribution in [0.4, 0.5) is 0 Å². The van der Waals surface area contributed by atoms with Gasteiger partial charge in [-0.2, -0.15) is 5.10 Å². The fourth-order valence-electron chi connectivity index (χ4n) is 2.66. The molecule has 2 aliphatic rings. The van der Waals surface area contributed by atoms with E-state index in [1.165, 1.54) is 25.7 Å². The molecule has 0 spiro atoms. The van der Waals surface area contributed by atoms with E-state index in [2.05, 4.69) is 10.4 Å². The molecule has 0 bridgehead atoms. The number of aromatic nitrogens is 2. The van der Waals surface area contributed by atoms with Crippen LogP contribution in [-0.2, 0) is 6.54 Å². The van der Waals surface area contributed by atoms with Gasteiger partial charge in [0.1, 0.15) is 0 Å². The van der Waals surface area contributed by atoms with Gasteiger partial charge in [0.25, 0.3) is 5.56 Å². The van der Waals surface area contributed by atoms with Gasteiger partial charge in [0.05, 0.1) is 12.7 Å². The van der Waals surface area contributed by atoms with Crippen LogP contribution < -0.4 is 10.9 Å². The summed E-state index contributed by atoms with van der Waals surface area (Å²) in [5.41, 5.74) is 0.934. The van der Waals surface area contributed by atoms with E-state index in [9.17, 15) is 4.79 Å². The molecule has 0 amide bonds. The molecule has 0 unspecified atom stereocenters. The average molecular weight is 247 g/mol. The largest absolute Gasteiger partial charge is 0.312 e. The summed E-state index contributed by atoms with van der Waals surface area (Å²) in [6.45, 7) is 3.43. The zero-order valence-electron chi connectivity index (χ0n) is 10.9. The summed E-state index contributed by atoms with van der Waals surface area (Å²) in [6.07, 6.45) is 7.29. The molecule has 1 aromatic heterocycles. The molecule has 0 saturated heterocycles. The topological polar surface area (TPSA) is 46.9 Å². The van der Waals surface area contributed by atoms with Gasteiger partial charge in [-0.1, -0.05) is 0 Å². The first-order chi connectivity index (χ1) is 8.74. The fraction of sp³-hybridized carbons (Fsp3) is 0.714. The van der Waals surface area contributed by atoms with Gasteiger partial charge >= 0.3 is 0 Å². The van der Waals surface area contributed by atoms with E-state index in [-0.39, 0.29) is 5.56 Å². The summed E-state index contributed by atoms with van der Waals surface area (Å²) >= 11 is 0. The molecule has 0 radical (unpaired) electrons. The van der Waals surface area contributed by atoms with Crippen LogP contribution in [0, 0.1) is 18.8 Å². The van der Waals surface area contributed by atoms with E-state index >= 15 is 0 Å². The lowest BCUT2D eigenvalue weighted by Crippen LogP contribution is -2.37. The molecule has 1 N–H and O–H groups in total. The van der Waals surface area contributed by atoms with Gasteiger partial charge in [0, 0.05) is 18.7 Å². The molecule has 2 saturated carbocycles. The Balaban J connectivity index is 1.52. The van der Waals surface area contributed by atoms with Crippen LogP contribution in [0.15, 0.2) is 17.1 Å². The van der Waals surface area contributed by atoms with E-state index in [1.807, 2.05) is 6.92 Å². The highest BCUT2D eigenvalue weighted by atomic mass is 16.1. The minimum atomic E-state index is 0.00574. The monoisotopic (exact) mass is 247 g/mol. The molecular weight excluding hydrogens is 226 g/mol. The summed E-state index contributed by atoms with van der Waals surface area (Å²) in [4.78, 5) is 11.7. The van der Waals surface area contributed by atoms with Crippen LogP contribution >= 0.6 is 0 Å². The highest BCUT2D eigenvalue weighted by molar-refractivity contribution is 5.02. The fourth-order valence-corrected chi connectivity index (χ4v) is 2.66. The first-order valence-corrected chi connectivity index (χ1v) is 7.01. The molecule has 0 aliphatic heterocycles. The van der Waals surface area contributed by atoms with Gasteiger partial charge in [-0.15, -0.1) is 0 Å². The standard InChI is InChI=1S/C14H21N3O/c1-10-8-13(18)17(16-9-10)7-6-15-14(11-2-3-11)12-4-5-12/h8-9,11-12,14-15H,2-7H2,1H3. The summed E-state index contributed by atoms with van der Waals surface area (Å²) in [5.74, 6) is 1.81. The lowest BCUT2D eigenvalue weighted by molar-refractivity contribution is 0.397. The van der Waals surface area contributed by atoms with Crippen LogP contribution in [0.2, 0.25) is 0 Å². The Morgan fingerprint density at radius 2 is 2.06 bits per heavy atom. The second-order valence-electron chi connectivity index (χ2n) is 5.75. The third-order valence-corrected chi connectivity index (χ3v) is 3.97. The molecule has 2 aliphatic carbocycles. The van der Waals surface area contributed by atoms with Crippen molar-refractivity contribution in [3.05, 3.63) is 28.2 Å². The third-order valence-electron chi connectivity index (χ3n) is 3.97. The second kappa shape index (κ2) is 4.84. The Bertz CT molecular complexity index is 462. The van der Waals surface area contributed by atoms with Crippen LogP contribution in [0.1, 0.15) is 31.2 Å². The third kappa shape index (κ3) is 2.80. The number of nitrogens with zero attached hydrogens (tertiary/aromatic N) is 2. The van der Waals surface area contributed by atoms with Crippen molar-refractivity contribution in [2.75, 3.05) is 6.54 Å². The highest BCUT2D eigenvalue weighted by Crippen LogP contribution is 2.44. The zero-order valence-corrected chi connectivity index (χ0v) is 10.9. The second-order valence-corrected chi connectivity index (χ2v) is 5.75. The molecule has 4 heteroatoms. The van der Waals surface area contributed by atoms with Crippen molar-refractivity contribution < 1.29 is 0 Å².